The highest BCUT2D eigenvalue weighted by atomic mass is 79.9. The second-order valence-corrected chi connectivity index (χ2v) is 8.27. The van der Waals surface area contributed by atoms with Gasteiger partial charge >= 0.3 is 0 Å². The molecule has 0 bridgehead atoms. The van der Waals surface area contributed by atoms with Crippen molar-refractivity contribution in [3.63, 3.8) is 0 Å². The highest BCUT2D eigenvalue weighted by molar-refractivity contribution is 9.10. The van der Waals surface area contributed by atoms with Crippen molar-refractivity contribution in [3.8, 4) is 0 Å². The minimum atomic E-state index is -3.90. The fraction of sp³-hybridized carbons (Fsp3) is 0.182. The van der Waals surface area contributed by atoms with Crippen LogP contribution < -0.4 is 0 Å². The predicted molar refractivity (Wildman–Crippen MR) is 78.2 cm³/mol. The molecule has 0 spiro atoms. The van der Waals surface area contributed by atoms with Crippen LogP contribution in [0, 0.1) is 0 Å². The number of hydrogen-bond donors (Lipinski definition) is 0. The van der Waals surface area contributed by atoms with Crippen LogP contribution in [0.5, 0.6) is 0 Å². The van der Waals surface area contributed by atoms with E-state index in [2.05, 4.69) is 21.0 Å². The SMILES string of the molecule is CC1=C(C)S(=O)N(S(=O)(=O)c2ccc(Br)cc2)N=C1. The maximum atomic E-state index is 12.3. The molecular weight excluding hydrogens is 352 g/mol. The molecule has 1 aromatic rings. The summed E-state index contributed by atoms with van der Waals surface area (Å²) in [6.45, 7) is 3.36. The van der Waals surface area contributed by atoms with Crippen LogP contribution in [0.25, 0.3) is 0 Å². The van der Waals surface area contributed by atoms with Crippen molar-refractivity contribution < 1.29 is 12.6 Å². The van der Waals surface area contributed by atoms with Crippen LogP contribution in [0.3, 0.4) is 0 Å². The lowest BCUT2D eigenvalue weighted by atomic mass is 10.3. The summed E-state index contributed by atoms with van der Waals surface area (Å²) >= 11 is 3.23. The molecule has 1 aromatic carbocycles. The molecule has 0 N–H and O–H groups in total. The van der Waals surface area contributed by atoms with E-state index in [1.165, 1.54) is 18.3 Å². The van der Waals surface area contributed by atoms with E-state index in [0.717, 1.165) is 4.47 Å². The number of hydrogen-bond acceptors (Lipinski definition) is 4. The van der Waals surface area contributed by atoms with Crippen molar-refractivity contribution in [3.05, 3.63) is 39.2 Å². The summed E-state index contributed by atoms with van der Waals surface area (Å²) in [4.78, 5) is 0.532. The van der Waals surface area contributed by atoms with E-state index < -0.39 is 21.0 Å². The molecule has 19 heavy (non-hydrogen) atoms. The first-order valence-electron chi connectivity index (χ1n) is 5.28. The summed E-state index contributed by atoms with van der Waals surface area (Å²) in [5.74, 6) is 0. The molecule has 8 heteroatoms. The molecule has 102 valence electrons. The van der Waals surface area contributed by atoms with Gasteiger partial charge in [-0.25, -0.2) is 4.21 Å². The highest BCUT2D eigenvalue weighted by Gasteiger charge is 2.31. The van der Waals surface area contributed by atoms with E-state index in [0.29, 0.717) is 14.3 Å². The van der Waals surface area contributed by atoms with E-state index in [-0.39, 0.29) is 4.90 Å². The molecule has 1 aliphatic heterocycles. The third-order valence-corrected chi connectivity index (χ3v) is 6.74. The van der Waals surface area contributed by atoms with Gasteiger partial charge in [0.2, 0.25) is 0 Å². The first-order valence-corrected chi connectivity index (χ1v) is 8.62. The Balaban J connectivity index is 2.45. The number of sulfonamides is 1. The Morgan fingerprint density at radius 2 is 1.79 bits per heavy atom. The maximum absolute atomic E-state index is 12.3. The number of benzene rings is 1. The lowest BCUT2D eigenvalue weighted by molar-refractivity contribution is 0.540. The van der Waals surface area contributed by atoms with Crippen LogP contribution in [0.1, 0.15) is 13.8 Å². The molecule has 0 amide bonds. The third kappa shape index (κ3) is 2.65. The van der Waals surface area contributed by atoms with Crippen molar-refractivity contribution >= 4 is 43.2 Å². The molecule has 0 aromatic heterocycles. The molecule has 1 atom stereocenters. The number of allylic oxidation sites excluding steroid dienone is 2. The van der Waals surface area contributed by atoms with Gasteiger partial charge in [0.05, 0.1) is 11.1 Å². The topological polar surface area (TPSA) is 66.8 Å². The van der Waals surface area contributed by atoms with Crippen LogP contribution in [0.4, 0.5) is 0 Å². The first-order chi connectivity index (χ1) is 8.84. The molecule has 0 saturated carbocycles. The first kappa shape index (κ1) is 14.4. The van der Waals surface area contributed by atoms with Crippen LogP contribution in [0.15, 0.2) is 49.2 Å². The van der Waals surface area contributed by atoms with Gasteiger partial charge < -0.3 is 0 Å². The van der Waals surface area contributed by atoms with Crippen LogP contribution in [0.2, 0.25) is 0 Å². The average Bonchev–Trinajstić information content (AvgIpc) is 2.36. The van der Waals surface area contributed by atoms with Crippen LogP contribution in [-0.2, 0) is 21.0 Å². The summed E-state index contributed by atoms with van der Waals surface area (Å²) in [5.41, 5.74) is 0.709. The minimum absolute atomic E-state index is 0.0496. The number of nitrogens with zero attached hydrogens (tertiary/aromatic N) is 2. The van der Waals surface area contributed by atoms with Gasteiger partial charge in [0, 0.05) is 9.38 Å². The Morgan fingerprint density at radius 3 is 2.37 bits per heavy atom. The summed E-state index contributed by atoms with van der Waals surface area (Å²) in [6.07, 6.45) is 1.40. The summed E-state index contributed by atoms with van der Waals surface area (Å²) in [5, 5.41) is 3.76. The summed E-state index contributed by atoms with van der Waals surface area (Å²) in [7, 11) is -5.72. The standard InChI is InChI=1S/C11H11BrN2O3S2/c1-8-7-13-14(18(15)9(8)2)19(16,17)11-5-3-10(12)4-6-11/h3-7H,1-2H3. The van der Waals surface area contributed by atoms with Crippen molar-refractivity contribution in [1.29, 1.82) is 0 Å². The van der Waals surface area contributed by atoms with Gasteiger partial charge in [-0.15, -0.1) is 0 Å². The van der Waals surface area contributed by atoms with Gasteiger partial charge in [-0.05, 0) is 43.7 Å². The second-order valence-electron chi connectivity index (χ2n) is 3.90. The zero-order valence-corrected chi connectivity index (χ0v) is 13.4. The fourth-order valence-corrected chi connectivity index (χ4v) is 4.47. The van der Waals surface area contributed by atoms with Crippen molar-refractivity contribution in [1.82, 2.24) is 3.82 Å². The normalized spacial score (nSPS) is 19.9. The van der Waals surface area contributed by atoms with Gasteiger partial charge in [0.1, 0.15) is 0 Å². The zero-order valence-electron chi connectivity index (χ0n) is 10.2. The molecule has 2 rings (SSSR count). The number of hydrazone groups is 1. The highest BCUT2D eigenvalue weighted by Crippen LogP contribution is 2.25. The van der Waals surface area contributed by atoms with Crippen LogP contribution >= 0.6 is 15.9 Å². The van der Waals surface area contributed by atoms with Crippen molar-refractivity contribution in [2.75, 3.05) is 0 Å². The average molecular weight is 363 g/mol. The molecule has 0 aliphatic carbocycles. The summed E-state index contributed by atoms with van der Waals surface area (Å²) < 4.78 is 38.2. The van der Waals surface area contributed by atoms with E-state index >= 15 is 0 Å². The van der Waals surface area contributed by atoms with Crippen LogP contribution in [-0.4, -0.2) is 22.7 Å². The van der Waals surface area contributed by atoms with Crippen molar-refractivity contribution in [2.45, 2.75) is 18.7 Å². The van der Waals surface area contributed by atoms with Gasteiger partial charge in [0.25, 0.3) is 10.0 Å². The van der Waals surface area contributed by atoms with Gasteiger partial charge in [-0.2, -0.15) is 13.5 Å². The quantitative estimate of drug-likeness (QED) is 0.810. The van der Waals surface area contributed by atoms with Gasteiger partial charge in [0.15, 0.2) is 11.0 Å². The Morgan fingerprint density at radius 1 is 1.21 bits per heavy atom. The van der Waals surface area contributed by atoms with Gasteiger partial charge in [-0.3, -0.25) is 0 Å². The lowest BCUT2D eigenvalue weighted by Gasteiger charge is -2.21. The summed E-state index contributed by atoms with van der Waals surface area (Å²) in [6, 6.07) is 6.09. The molecule has 1 aliphatic rings. The van der Waals surface area contributed by atoms with Crippen molar-refractivity contribution in [2.24, 2.45) is 5.10 Å². The maximum Gasteiger partial charge on any atom is 0.291 e. The zero-order chi connectivity index (χ0) is 14.2. The van der Waals surface area contributed by atoms with Gasteiger partial charge in [-0.1, -0.05) is 19.7 Å². The predicted octanol–water partition coefficient (Wildman–Crippen LogP) is 2.40. The lowest BCUT2D eigenvalue weighted by Crippen LogP contribution is -2.31. The molecule has 5 nitrogen and oxygen atoms in total. The monoisotopic (exact) mass is 362 g/mol. The largest absolute Gasteiger partial charge is 0.291 e. The number of halogens is 1. The Bertz CT molecular complexity index is 693. The molecule has 0 saturated heterocycles. The van der Waals surface area contributed by atoms with E-state index in [9.17, 15) is 12.6 Å². The van der Waals surface area contributed by atoms with E-state index in [1.54, 1.807) is 26.0 Å². The number of rotatable bonds is 2. The van der Waals surface area contributed by atoms with E-state index in [1.807, 2.05) is 0 Å². The molecule has 1 unspecified atom stereocenters. The molecule has 1 heterocycles. The molecule has 0 radical (unpaired) electrons. The molecular formula is C11H11BrN2O3S2. The fourth-order valence-electron chi connectivity index (χ4n) is 1.37. The van der Waals surface area contributed by atoms with E-state index in [4.69, 9.17) is 0 Å². The molecule has 0 fully saturated rings. The Labute approximate surface area is 122 Å². The Hall–Kier alpha value is -0.990. The second kappa shape index (κ2) is 5.18. The Kier molecular flexibility index (Phi) is 3.93. The minimum Gasteiger partial charge on any atom is -0.229 e. The smallest absolute Gasteiger partial charge is 0.229 e. The third-order valence-electron chi connectivity index (χ3n) is 2.62.